The molecule has 1 aromatic rings. The molecule has 1 fully saturated rings. The van der Waals surface area contributed by atoms with Gasteiger partial charge in [0.15, 0.2) is 0 Å². The summed E-state index contributed by atoms with van der Waals surface area (Å²) >= 11 is 0. The molecule has 1 aliphatic rings. The number of carbonyl (C=O) groups is 3. The van der Waals surface area contributed by atoms with E-state index in [-0.39, 0.29) is 30.8 Å². The Morgan fingerprint density at radius 2 is 1.61 bits per heavy atom. The molecular weight excluding hydrogens is 358 g/mol. The van der Waals surface area contributed by atoms with Crippen molar-refractivity contribution in [3.63, 3.8) is 0 Å². The van der Waals surface area contributed by atoms with Gasteiger partial charge in [0.25, 0.3) is 0 Å². The second kappa shape index (κ2) is 9.71. The zero-order valence-corrected chi connectivity index (χ0v) is 17.2. The van der Waals surface area contributed by atoms with Gasteiger partial charge in [-0.25, -0.2) is 4.79 Å². The van der Waals surface area contributed by atoms with E-state index in [2.05, 4.69) is 30.8 Å². The number of hydrogen-bond acceptors (Lipinski definition) is 5. The lowest BCUT2D eigenvalue weighted by atomic mass is 9.72. The average molecular weight is 389 g/mol. The van der Waals surface area contributed by atoms with Crippen LogP contribution in [0.25, 0.3) is 0 Å². The van der Waals surface area contributed by atoms with Crippen LogP contribution in [0.15, 0.2) is 24.3 Å². The molecule has 1 aliphatic carbocycles. The van der Waals surface area contributed by atoms with E-state index >= 15 is 0 Å². The summed E-state index contributed by atoms with van der Waals surface area (Å²) in [6, 6.07) is 6.39. The van der Waals surface area contributed by atoms with Crippen molar-refractivity contribution in [2.75, 3.05) is 12.4 Å². The highest BCUT2D eigenvalue weighted by Crippen LogP contribution is 2.38. The summed E-state index contributed by atoms with van der Waals surface area (Å²) in [6.45, 7) is 6.77. The molecule has 1 amide bonds. The van der Waals surface area contributed by atoms with Crippen molar-refractivity contribution in [2.24, 2.45) is 11.3 Å². The summed E-state index contributed by atoms with van der Waals surface area (Å²) in [7, 11) is 1.31. The zero-order valence-electron chi connectivity index (χ0n) is 17.2. The van der Waals surface area contributed by atoms with Gasteiger partial charge in [-0.2, -0.15) is 0 Å². The van der Waals surface area contributed by atoms with Crippen LogP contribution in [-0.2, 0) is 19.1 Å². The molecule has 0 aromatic heterocycles. The Kier molecular flexibility index (Phi) is 7.61. The van der Waals surface area contributed by atoms with Crippen molar-refractivity contribution >= 4 is 23.5 Å². The molecule has 0 atom stereocenters. The minimum Gasteiger partial charge on any atom is -0.465 e. The van der Waals surface area contributed by atoms with Crippen molar-refractivity contribution in [2.45, 2.75) is 65.4 Å². The van der Waals surface area contributed by atoms with E-state index in [4.69, 9.17) is 4.74 Å². The van der Waals surface area contributed by atoms with Gasteiger partial charge in [0.05, 0.1) is 19.1 Å². The minimum absolute atomic E-state index is 0.0278. The molecule has 28 heavy (non-hydrogen) atoms. The molecule has 0 aliphatic heterocycles. The van der Waals surface area contributed by atoms with Crippen LogP contribution in [0.4, 0.5) is 5.69 Å². The molecule has 0 bridgehead atoms. The summed E-state index contributed by atoms with van der Waals surface area (Å²) < 4.78 is 10.2. The molecule has 1 N–H and O–H groups in total. The van der Waals surface area contributed by atoms with Crippen molar-refractivity contribution in [1.82, 2.24) is 0 Å². The van der Waals surface area contributed by atoms with E-state index in [0.29, 0.717) is 22.6 Å². The van der Waals surface area contributed by atoms with Gasteiger partial charge < -0.3 is 14.8 Å². The van der Waals surface area contributed by atoms with Crippen LogP contribution in [0.1, 0.15) is 69.7 Å². The van der Waals surface area contributed by atoms with E-state index in [9.17, 15) is 14.4 Å². The largest absolute Gasteiger partial charge is 0.465 e. The lowest BCUT2D eigenvalue weighted by Gasteiger charge is -2.36. The number of methoxy groups -OCH3 is 1. The highest BCUT2D eigenvalue weighted by Gasteiger charge is 2.31. The number of rotatable bonds is 6. The Hall–Kier alpha value is -2.37. The van der Waals surface area contributed by atoms with E-state index in [1.54, 1.807) is 24.3 Å². The Morgan fingerprint density at radius 3 is 2.14 bits per heavy atom. The Morgan fingerprint density at radius 1 is 1.00 bits per heavy atom. The molecule has 0 heterocycles. The molecule has 1 saturated carbocycles. The predicted octanol–water partition coefficient (Wildman–Crippen LogP) is 4.34. The fourth-order valence-corrected chi connectivity index (χ4v) is 3.54. The summed E-state index contributed by atoms with van der Waals surface area (Å²) in [5.41, 5.74) is 1.26. The molecule has 0 spiro atoms. The van der Waals surface area contributed by atoms with Crippen LogP contribution in [0, 0.1) is 11.3 Å². The second-order valence-electron chi connectivity index (χ2n) is 8.45. The summed E-state index contributed by atoms with van der Waals surface area (Å²) in [5.74, 6) is -0.356. The summed E-state index contributed by atoms with van der Waals surface area (Å²) in [5, 5.41) is 2.71. The van der Waals surface area contributed by atoms with Crippen LogP contribution in [0.3, 0.4) is 0 Å². The quantitative estimate of drug-likeness (QED) is 0.732. The zero-order chi connectivity index (χ0) is 20.7. The first-order valence-electron chi connectivity index (χ1n) is 9.86. The van der Waals surface area contributed by atoms with Crippen molar-refractivity contribution in [3.8, 4) is 0 Å². The molecule has 0 saturated heterocycles. The van der Waals surface area contributed by atoms with Crippen LogP contribution >= 0.6 is 0 Å². The van der Waals surface area contributed by atoms with E-state index in [1.165, 1.54) is 7.11 Å². The molecule has 1 aromatic carbocycles. The lowest BCUT2D eigenvalue weighted by molar-refractivity contribution is -0.152. The van der Waals surface area contributed by atoms with Crippen molar-refractivity contribution in [1.29, 1.82) is 0 Å². The number of hydrogen-bond donors (Lipinski definition) is 1. The molecule has 0 unspecified atom stereocenters. The van der Waals surface area contributed by atoms with Gasteiger partial charge in [-0.15, -0.1) is 0 Å². The first-order chi connectivity index (χ1) is 13.2. The molecule has 6 heteroatoms. The van der Waals surface area contributed by atoms with Crippen LogP contribution in [0.2, 0.25) is 0 Å². The minimum atomic E-state index is -0.433. The number of esters is 2. The Balaban J connectivity index is 1.70. The highest BCUT2D eigenvalue weighted by atomic mass is 16.5. The third-order valence-corrected chi connectivity index (χ3v) is 5.34. The van der Waals surface area contributed by atoms with Crippen LogP contribution in [0.5, 0.6) is 0 Å². The first kappa shape index (κ1) is 21.9. The topological polar surface area (TPSA) is 81.7 Å². The molecule has 6 nitrogen and oxygen atoms in total. The van der Waals surface area contributed by atoms with E-state index in [0.717, 1.165) is 25.7 Å². The summed E-state index contributed by atoms with van der Waals surface area (Å²) in [4.78, 5) is 35.5. The van der Waals surface area contributed by atoms with Crippen molar-refractivity contribution in [3.05, 3.63) is 29.8 Å². The van der Waals surface area contributed by atoms with Gasteiger partial charge in [-0.3, -0.25) is 9.59 Å². The second-order valence-corrected chi connectivity index (χ2v) is 8.45. The Labute approximate surface area is 167 Å². The van der Waals surface area contributed by atoms with E-state index in [1.807, 2.05) is 0 Å². The van der Waals surface area contributed by atoms with Gasteiger partial charge in [0, 0.05) is 12.1 Å². The van der Waals surface area contributed by atoms with Gasteiger partial charge >= 0.3 is 11.9 Å². The third-order valence-electron chi connectivity index (χ3n) is 5.34. The SMILES string of the molecule is COC(=O)c1ccc(NC(=O)CCC(=O)OC2CCC(C(C)(C)C)CC2)cc1. The molecular formula is C22H31NO5. The number of amides is 1. The highest BCUT2D eigenvalue weighted by molar-refractivity contribution is 5.94. The third kappa shape index (κ3) is 6.66. The maximum atomic E-state index is 12.0. The molecule has 2 rings (SSSR count). The fraction of sp³-hybridized carbons (Fsp3) is 0.591. The number of ether oxygens (including phenoxy) is 2. The number of carbonyl (C=O) groups excluding carboxylic acids is 3. The number of anilines is 1. The van der Waals surface area contributed by atoms with Gasteiger partial charge in [-0.05, 0) is 61.3 Å². The summed E-state index contributed by atoms with van der Waals surface area (Å²) in [6.07, 6.45) is 4.03. The normalized spacial score (nSPS) is 19.6. The fourth-order valence-electron chi connectivity index (χ4n) is 3.54. The maximum Gasteiger partial charge on any atom is 0.337 e. The predicted molar refractivity (Wildman–Crippen MR) is 107 cm³/mol. The smallest absolute Gasteiger partial charge is 0.337 e. The number of benzene rings is 1. The standard InChI is InChI=1S/C22H31NO5/c1-22(2,3)16-7-11-18(12-8-16)28-20(25)14-13-19(24)23-17-9-5-15(6-10-17)21(26)27-4/h5-6,9-10,16,18H,7-8,11-14H2,1-4H3,(H,23,24). The van der Waals surface area contributed by atoms with Gasteiger partial charge in [0.2, 0.25) is 5.91 Å². The van der Waals surface area contributed by atoms with Crippen molar-refractivity contribution < 1.29 is 23.9 Å². The molecule has 154 valence electrons. The monoisotopic (exact) mass is 389 g/mol. The first-order valence-corrected chi connectivity index (χ1v) is 9.86. The lowest BCUT2D eigenvalue weighted by Crippen LogP contribution is -2.30. The van der Waals surface area contributed by atoms with Gasteiger partial charge in [0.1, 0.15) is 6.10 Å². The molecule has 0 radical (unpaired) electrons. The van der Waals surface area contributed by atoms with Gasteiger partial charge in [-0.1, -0.05) is 20.8 Å². The Bertz CT molecular complexity index is 682. The number of nitrogens with one attached hydrogen (secondary N) is 1. The average Bonchev–Trinajstić information content (AvgIpc) is 2.66. The van der Waals surface area contributed by atoms with E-state index < -0.39 is 5.97 Å². The van der Waals surface area contributed by atoms with Crippen LogP contribution < -0.4 is 5.32 Å². The maximum absolute atomic E-state index is 12.0. The van der Waals surface area contributed by atoms with Crippen LogP contribution in [-0.4, -0.2) is 31.1 Å².